The van der Waals surface area contributed by atoms with Gasteiger partial charge in [0.15, 0.2) is 0 Å². The quantitative estimate of drug-likeness (QED) is 0.887. The number of carbonyl (C=O) groups is 1. The molecule has 0 aliphatic rings. The third-order valence-electron chi connectivity index (χ3n) is 3.35. The van der Waals surface area contributed by atoms with Crippen LogP contribution in [0.2, 0.25) is 0 Å². The first-order valence-corrected chi connectivity index (χ1v) is 7.30. The summed E-state index contributed by atoms with van der Waals surface area (Å²) >= 11 is 0. The molecule has 112 valence electrons. The molecular weight excluding hydrogens is 264 g/mol. The number of aromatic nitrogens is 2. The molecule has 0 saturated heterocycles. The largest absolute Gasteiger partial charge is 0.397 e. The second-order valence-electron chi connectivity index (χ2n) is 4.99. The SMILES string of the molecule is CCCn1cc(N)cc1C(=O)N(CC)Cc1ccccn1. The number of amides is 1. The van der Waals surface area contributed by atoms with E-state index >= 15 is 0 Å². The molecule has 5 heteroatoms. The smallest absolute Gasteiger partial charge is 0.270 e. The molecule has 0 bridgehead atoms. The lowest BCUT2D eigenvalue weighted by molar-refractivity contribution is 0.0739. The van der Waals surface area contributed by atoms with Crippen LogP contribution in [0.15, 0.2) is 36.7 Å². The molecule has 2 N–H and O–H groups in total. The Labute approximate surface area is 125 Å². The Hall–Kier alpha value is -2.30. The lowest BCUT2D eigenvalue weighted by Crippen LogP contribution is -2.32. The molecule has 0 unspecified atom stereocenters. The summed E-state index contributed by atoms with van der Waals surface area (Å²) in [5.41, 5.74) is 7.99. The number of nitrogens with two attached hydrogens (primary N) is 1. The predicted octanol–water partition coefficient (Wildman–Crippen LogP) is 2.54. The summed E-state index contributed by atoms with van der Waals surface area (Å²) < 4.78 is 1.93. The Bertz CT molecular complexity index is 592. The zero-order chi connectivity index (χ0) is 15.2. The minimum Gasteiger partial charge on any atom is -0.397 e. The van der Waals surface area contributed by atoms with E-state index in [9.17, 15) is 4.79 Å². The number of nitrogens with zero attached hydrogens (tertiary/aromatic N) is 3. The van der Waals surface area contributed by atoms with E-state index in [4.69, 9.17) is 5.73 Å². The maximum atomic E-state index is 12.7. The standard InChI is InChI=1S/C16H22N4O/c1-3-9-20-11-13(17)10-15(20)16(21)19(4-2)12-14-7-5-6-8-18-14/h5-8,10-11H,3-4,9,12,17H2,1-2H3. The van der Waals surface area contributed by atoms with Crippen LogP contribution in [0, 0.1) is 0 Å². The predicted molar refractivity (Wildman–Crippen MR) is 83.8 cm³/mol. The molecule has 2 heterocycles. The molecule has 0 aromatic carbocycles. The maximum Gasteiger partial charge on any atom is 0.270 e. The second kappa shape index (κ2) is 6.92. The van der Waals surface area contributed by atoms with E-state index in [1.165, 1.54) is 0 Å². The van der Waals surface area contributed by atoms with Crippen LogP contribution < -0.4 is 5.73 Å². The number of nitrogen functional groups attached to an aromatic ring is 1. The molecule has 0 fully saturated rings. The average molecular weight is 286 g/mol. The van der Waals surface area contributed by atoms with Crippen LogP contribution in [-0.2, 0) is 13.1 Å². The molecule has 0 spiro atoms. The summed E-state index contributed by atoms with van der Waals surface area (Å²) in [6, 6.07) is 7.47. The van der Waals surface area contributed by atoms with E-state index < -0.39 is 0 Å². The van der Waals surface area contributed by atoms with E-state index in [2.05, 4.69) is 11.9 Å². The summed E-state index contributed by atoms with van der Waals surface area (Å²) in [5.74, 6) is -0.00620. The molecule has 0 aliphatic heterocycles. The van der Waals surface area contributed by atoms with E-state index in [1.807, 2.05) is 35.9 Å². The summed E-state index contributed by atoms with van der Waals surface area (Å²) in [6.07, 6.45) is 4.53. The van der Waals surface area contributed by atoms with E-state index in [1.54, 1.807) is 17.2 Å². The molecule has 0 saturated carbocycles. The lowest BCUT2D eigenvalue weighted by atomic mass is 10.3. The molecule has 5 nitrogen and oxygen atoms in total. The van der Waals surface area contributed by atoms with Crippen LogP contribution in [0.5, 0.6) is 0 Å². The van der Waals surface area contributed by atoms with Gasteiger partial charge in [0, 0.05) is 25.5 Å². The van der Waals surface area contributed by atoms with Crippen molar-refractivity contribution in [2.24, 2.45) is 0 Å². The van der Waals surface area contributed by atoms with Gasteiger partial charge in [0.1, 0.15) is 5.69 Å². The van der Waals surface area contributed by atoms with Crippen LogP contribution >= 0.6 is 0 Å². The van der Waals surface area contributed by atoms with Gasteiger partial charge in [-0.05, 0) is 31.5 Å². The first-order valence-electron chi connectivity index (χ1n) is 7.30. The molecule has 0 atom stereocenters. The molecule has 2 aromatic heterocycles. The molecular formula is C16H22N4O. The highest BCUT2D eigenvalue weighted by Gasteiger charge is 2.19. The van der Waals surface area contributed by atoms with Crippen molar-refractivity contribution in [2.45, 2.75) is 33.4 Å². The Morgan fingerprint density at radius 1 is 1.38 bits per heavy atom. The normalized spacial score (nSPS) is 10.6. The van der Waals surface area contributed by atoms with Gasteiger partial charge in [-0.1, -0.05) is 13.0 Å². The Kier molecular flexibility index (Phi) is 4.98. The van der Waals surface area contributed by atoms with Gasteiger partial charge in [-0.2, -0.15) is 0 Å². The average Bonchev–Trinajstić information content (AvgIpc) is 2.86. The zero-order valence-electron chi connectivity index (χ0n) is 12.6. The molecule has 1 amide bonds. The highest BCUT2D eigenvalue weighted by Crippen LogP contribution is 2.15. The fourth-order valence-electron chi connectivity index (χ4n) is 2.31. The molecule has 2 aromatic rings. The van der Waals surface area contributed by atoms with Crippen molar-refractivity contribution in [1.82, 2.24) is 14.5 Å². The molecule has 21 heavy (non-hydrogen) atoms. The van der Waals surface area contributed by atoms with Gasteiger partial charge in [-0.15, -0.1) is 0 Å². The Balaban J connectivity index is 2.20. The minimum atomic E-state index is -0.00620. The summed E-state index contributed by atoms with van der Waals surface area (Å²) in [4.78, 5) is 18.8. The highest BCUT2D eigenvalue weighted by molar-refractivity contribution is 5.93. The first-order chi connectivity index (χ1) is 10.2. The van der Waals surface area contributed by atoms with Gasteiger partial charge in [0.25, 0.3) is 5.91 Å². The highest BCUT2D eigenvalue weighted by atomic mass is 16.2. The monoisotopic (exact) mass is 286 g/mol. The first kappa shape index (κ1) is 15.1. The number of pyridine rings is 1. The number of rotatable bonds is 6. The summed E-state index contributed by atoms with van der Waals surface area (Å²) in [6.45, 7) is 5.98. The Morgan fingerprint density at radius 2 is 2.19 bits per heavy atom. The van der Waals surface area contributed by atoms with Crippen LogP contribution in [0.1, 0.15) is 36.5 Å². The second-order valence-corrected chi connectivity index (χ2v) is 4.99. The molecule has 2 rings (SSSR count). The lowest BCUT2D eigenvalue weighted by Gasteiger charge is -2.21. The van der Waals surface area contributed by atoms with E-state index in [-0.39, 0.29) is 5.91 Å². The van der Waals surface area contributed by atoms with Crippen molar-refractivity contribution in [3.05, 3.63) is 48.0 Å². The van der Waals surface area contributed by atoms with Gasteiger partial charge in [0.2, 0.25) is 0 Å². The third kappa shape index (κ3) is 3.62. The van der Waals surface area contributed by atoms with Crippen molar-refractivity contribution in [3.8, 4) is 0 Å². The van der Waals surface area contributed by atoms with Gasteiger partial charge in [-0.3, -0.25) is 9.78 Å². The third-order valence-corrected chi connectivity index (χ3v) is 3.35. The number of hydrogen-bond donors (Lipinski definition) is 1. The summed E-state index contributed by atoms with van der Waals surface area (Å²) in [7, 11) is 0. The van der Waals surface area contributed by atoms with Gasteiger partial charge >= 0.3 is 0 Å². The number of hydrogen-bond acceptors (Lipinski definition) is 3. The fourth-order valence-corrected chi connectivity index (χ4v) is 2.31. The molecule has 0 aliphatic carbocycles. The van der Waals surface area contributed by atoms with Crippen molar-refractivity contribution < 1.29 is 4.79 Å². The summed E-state index contributed by atoms with van der Waals surface area (Å²) in [5, 5.41) is 0. The van der Waals surface area contributed by atoms with Crippen molar-refractivity contribution in [3.63, 3.8) is 0 Å². The number of carbonyl (C=O) groups excluding carboxylic acids is 1. The van der Waals surface area contributed by atoms with E-state index in [0.717, 1.165) is 18.7 Å². The van der Waals surface area contributed by atoms with Crippen molar-refractivity contribution in [1.29, 1.82) is 0 Å². The number of aryl methyl sites for hydroxylation is 1. The van der Waals surface area contributed by atoms with Gasteiger partial charge in [0.05, 0.1) is 17.9 Å². The van der Waals surface area contributed by atoms with Crippen molar-refractivity contribution in [2.75, 3.05) is 12.3 Å². The zero-order valence-corrected chi connectivity index (χ0v) is 12.6. The molecule has 0 radical (unpaired) electrons. The minimum absolute atomic E-state index is 0.00620. The van der Waals surface area contributed by atoms with Crippen LogP contribution in [-0.4, -0.2) is 26.9 Å². The van der Waals surface area contributed by atoms with Gasteiger partial charge in [-0.25, -0.2) is 0 Å². The van der Waals surface area contributed by atoms with Crippen LogP contribution in [0.25, 0.3) is 0 Å². The van der Waals surface area contributed by atoms with Crippen LogP contribution in [0.4, 0.5) is 5.69 Å². The van der Waals surface area contributed by atoms with Crippen LogP contribution in [0.3, 0.4) is 0 Å². The van der Waals surface area contributed by atoms with Crippen molar-refractivity contribution >= 4 is 11.6 Å². The Morgan fingerprint density at radius 3 is 2.81 bits per heavy atom. The maximum absolute atomic E-state index is 12.7. The fraction of sp³-hybridized carbons (Fsp3) is 0.375. The topological polar surface area (TPSA) is 64.2 Å². The number of anilines is 1. The van der Waals surface area contributed by atoms with E-state index in [0.29, 0.717) is 24.5 Å². The van der Waals surface area contributed by atoms with Gasteiger partial charge < -0.3 is 15.2 Å².